The van der Waals surface area contributed by atoms with Crippen molar-refractivity contribution in [3.63, 3.8) is 0 Å². The van der Waals surface area contributed by atoms with Crippen LogP contribution in [0.4, 0.5) is 5.69 Å². The number of rotatable bonds is 0. The first-order valence-corrected chi connectivity index (χ1v) is 4.40. The fraction of sp³-hybridized carbons (Fsp3) is 0. The third-order valence-corrected chi connectivity index (χ3v) is 2.56. The molecular weight excluding hydrogens is 158 g/mol. The second-order valence-corrected chi connectivity index (χ2v) is 3.38. The van der Waals surface area contributed by atoms with Gasteiger partial charge in [-0.2, -0.15) is 4.40 Å². The molecule has 1 atom stereocenters. The Kier molecular flexibility index (Phi) is 1.47. The summed E-state index contributed by atoms with van der Waals surface area (Å²) < 4.78 is 11.5. The van der Waals surface area contributed by atoms with Crippen molar-refractivity contribution in [2.24, 2.45) is 4.40 Å². The van der Waals surface area contributed by atoms with Crippen molar-refractivity contribution >= 4 is 22.9 Å². The summed E-state index contributed by atoms with van der Waals surface area (Å²) in [6.07, 6.45) is 1.58. The van der Waals surface area contributed by atoms with E-state index in [1.54, 1.807) is 6.34 Å². The summed E-state index contributed by atoms with van der Waals surface area (Å²) in [6.45, 7) is 0. The molecule has 0 saturated heterocycles. The molecule has 0 aromatic heterocycles. The number of para-hydroxylation sites is 1. The Morgan fingerprint density at radius 2 is 2.18 bits per heavy atom. The Morgan fingerprint density at radius 3 is 3.00 bits per heavy atom. The highest BCUT2D eigenvalue weighted by Gasteiger charge is 2.06. The lowest BCUT2D eigenvalue weighted by Crippen LogP contribution is -2.05. The van der Waals surface area contributed by atoms with Crippen LogP contribution in [0.1, 0.15) is 0 Å². The summed E-state index contributed by atoms with van der Waals surface area (Å²) in [4.78, 5) is 0.968. The number of hydrogen-bond acceptors (Lipinski definition) is 2. The largest absolute Gasteiger partial charge is 0.345 e. The van der Waals surface area contributed by atoms with Gasteiger partial charge in [0.1, 0.15) is 6.34 Å². The average molecular weight is 165 g/mol. The predicted octanol–water partition coefficient (Wildman–Crippen LogP) is 1.79. The van der Waals surface area contributed by atoms with E-state index in [1.807, 2.05) is 24.3 Å². The van der Waals surface area contributed by atoms with Crippen molar-refractivity contribution in [1.29, 1.82) is 4.78 Å². The van der Waals surface area contributed by atoms with Crippen LogP contribution in [0.15, 0.2) is 33.6 Å². The fourth-order valence-corrected chi connectivity index (χ4v) is 1.77. The zero-order valence-corrected chi connectivity index (χ0v) is 6.56. The first-order valence-electron chi connectivity index (χ1n) is 3.22. The molecule has 2 rings (SSSR count). The van der Waals surface area contributed by atoms with Crippen molar-refractivity contribution in [3.8, 4) is 0 Å². The van der Waals surface area contributed by atoms with E-state index >= 15 is 0 Å². The van der Waals surface area contributed by atoms with Gasteiger partial charge >= 0.3 is 0 Å². The summed E-state index contributed by atoms with van der Waals surface area (Å²) >= 11 is 0. The van der Waals surface area contributed by atoms with Crippen LogP contribution in [0, 0.1) is 4.78 Å². The van der Waals surface area contributed by atoms with Gasteiger partial charge in [0.15, 0.2) is 0 Å². The van der Waals surface area contributed by atoms with Gasteiger partial charge in [-0.05, 0) is 12.1 Å². The Hall–Kier alpha value is -1.16. The average Bonchev–Trinajstić information content (AvgIpc) is 2.06. The highest BCUT2D eigenvalue weighted by molar-refractivity contribution is 7.85. The summed E-state index contributed by atoms with van der Waals surface area (Å²) in [5.41, 5.74) is 1.00. The van der Waals surface area contributed by atoms with E-state index in [0.29, 0.717) is 0 Å². The molecule has 1 aromatic rings. The first kappa shape index (κ1) is 6.54. The molecule has 2 N–H and O–H groups in total. The number of nitrogens with one attached hydrogen (secondary N) is 2. The fourth-order valence-electron chi connectivity index (χ4n) is 0.960. The molecule has 1 aromatic carbocycles. The molecule has 0 spiro atoms. The van der Waals surface area contributed by atoms with Gasteiger partial charge in [-0.1, -0.05) is 12.1 Å². The third-order valence-electron chi connectivity index (χ3n) is 1.47. The second kappa shape index (κ2) is 2.47. The lowest BCUT2D eigenvalue weighted by atomic mass is 10.3. The molecule has 56 valence electrons. The number of hydrogen-bond donors (Lipinski definition) is 2. The molecule has 0 amide bonds. The zero-order chi connectivity index (χ0) is 7.68. The maximum atomic E-state index is 7.54. The van der Waals surface area contributed by atoms with Crippen molar-refractivity contribution in [2.75, 3.05) is 5.32 Å². The van der Waals surface area contributed by atoms with E-state index in [9.17, 15) is 0 Å². The minimum atomic E-state index is -0.708. The molecule has 0 radical (unpaired) electrons. The number of anilines is 1. The summed E-state index contributed by atoms with van der Waals surface area (Å²) in [6, 6.07) is 7.75. The SMILES string of the molecule is N=S1N=CNc2ccccc21. The van der Waals surface area contributed by atoms with E-state index in [0.717, 1.165) is 10.6 Å². The molecule has 0 saturated carbocycles. The third kappa shape index (κ3) is 1.05. The number of fused-ring (bicyclic) bond motifs is 1. The van der Waals surface area contributed by atoms with E-state index in [4.69, 9.17) is 4.78 Å². The normalized spacial score (nSPS) is 20.5. The van der Waals surface area contributed by atoms with Crippen LogP contribution in [-0.4, -0.2) is 6.34 Å². The maximum Gasteiger partial charge on any atom is 0.102 e. The molecule has 0 bridgehead atoms. The molecule has 1 unspecified atom stereocenters. The summed E-state index contributed by atoms with van der Waals surface area (Å²) in [5.74, 6) is 0. The van der Waals surface area contributed by atoms with Crippen LogP contribution in [0.25, 0.3) is 0 Å². The molecule has 3 nitrogen and oxygen atoms in total. The van der Waals surface area contributed by atoms with Gasteiger partial charge in [0.05, 0.1) is 10.6 Å². The minimum Gasteiger partial charge on any atom is -0.345 e. The van der Waals surface area contributed by atoms with Gasteiger partial charge in [-0.25, -0.2) is 0 Å². The van der Waals surface area contributed by atoms with Crippen molar-refractivity contribution < 1.29 is 0 Å². The predicted molar refractivity (Wildman–Crippen MR) is 46.9 cm³/mol. The van der Waals surface area contributed by atoms with Crippen LogP contribution in [-0.2, 0) is 10.9 Å². The van der Waals surface area contributed by atoms with Crippen LogP contribution in [0.3, 0.4) is 0 Å². The first-order chi connectivity index (χ1) is 5.38. The smallest absolute Gasteiger partial charge is 0.102 e. The number of nitrogens with zero attached hydrogens (tertiary/aromatic N) is 1. The van der Waals surface area contributed by atoms with Crippen molar-refractivity contribution in [3.05, 3.63) is 24.3 Å². The maximum absolute atomic E-state index is 7.54. The molecule has 1 aliphatic rings. The molecule has 4 heteroatoms. The molecule has 0 fully saturated rings. The monoisotopic (exact) mass is 165 g/mol. The van der Waals surface area contributed by atoms with Gasteiger partial charge in [0.2, 0.25) is 0 Å². The standard InChI is InChI=1S/C7H7N3S/c8-11-7-4-2-1-3-6(7)9-5-10-11/h1-5,8H,(H,9,10). The molecule has 1 heterocycles. The van der Waals surface area contributed by atoms with Gasteiger partial charge in [-0.15, -0.1) is 0 Å². The minimum absolute atomic E-state index is 0.708. The van der Waals surface area contributed by atoms with Crippen LogP contribution in [0.5, 0.6) is 0 Å². The highest BCUT2D eigenvalue weighted by Crippen LogP contribution is 2.21. The van der Waals surface area contributed by atoms with Crippen molar-refractivity contribution in [1.82, 2.24) is 0 Å². The van der Waals surface area contributed by atoms with Crippen molar-refractivity contribution in [2.45, 2.75) is 4.90 Å². The Labute approximate surface area is 67.2 Å². The molecule has 1 aliphatic heterocycles. The lowest BCUT2D eigenvalue weighted by molar-refractivity contribution is 1.39. The van der Waals surface area contributed by atoms with E-state index in [1.165, 1.54) is 0 Å². The summed E-state index contributed by atoms with van der Waals surface area (Å²) in [7, 11) is -0.708. The molecule has 0 aliphatic carbocycles. The van der Waals surface area contributed by atoms with Crippen LogP contribution >= 0.6 is 0 Å². The van der Waals surface area contributed by atoms with Crippen LogP contribution in [0.2, 0.25) is 0 Å². The van der Waals surface area contributed by atoms with E-state index in [-0.39, 0.29) is 0 Å². The summed E-state index contributed by atoms with van der Waals surface area (Å²) in [5, 5.41) is 2.99. The van der Waals surface area contributed by atoms with E-state index in [2.05, 4.69) is 9.71 Å². The number of benzene rings is 1. The zero-order valence-electron chi connectivity index (χ0n) is 5.74. The Balaban J connectivity index is 2.59. The van der Waals surface area contributed by atoms with Gasteiger partial charge in [0, 0.05) is 10.9 Å². The molecular formula is C7H7N3S. The van der Waals surface area contributed by atoms with Crippen LogP contribution < -0.4 is 5.32 Å². The Morgan fingerprint density at radius 1 is 1.36 bits per heavy atom. The van der Waals surface area contributed by atoms with Gasteiger partial charge in [0.25, 0.3) is 0 Å². The van der Waals surface area contributed by atoms with Gasteiger partial charge < -0.3 is 5.32 Å². The second-order valence-electron chi connectivity index (χ2n) is 2.16. The van der Waals surface area contributed by atoms with E-state index < -0.39 is 10.9 Å². The topological polar surface area (TPSA) is 48.2 Å². The lowest BCUT2D eigenvalue weighted by Gasteiger charge is -2.11. The molecule has 11 heavy (non-hydrogen) atoms. The Bertz CT molecular complexity index is 332. The highest BCUT2D eigenvalue weighted by atomic mass is 32.2. The van der Waals surface area contributed by atoms with Gasteiger partial charge in [-0.3, -0.25) is 4.78 Å². The quantitative estimate of drug-likeness (QED) is 0.605.